The van der Waals surface area contributed by atoms with Gasteiger partial charge in [-0.25, -0.2) is 8.42 Å². The van der Waals surface area contributed by atoms with E-state index >= 15 is 0 Å². The summed E-state index contributed by atoms with van der Waals surface area (Å²) in [7, 11) is 3.08. The molecule has 72 valence electrons. The van der Waals surface area contributed by atoms with Crippen molar-refractivity contribution in [3.05, 3.63) is 0 Å². The lowest BCUT2D eigenvalue weighted by atomic mass is 10.1. The van der Waals surface area contributed by atoms with Crippen LogP contribution in [0.4, 0.5) is 0 Å². The number of hydrogen-bond acceptors (Lipinski definition) is 4. The Bertz CT molecular complexity index is 242. The van der Waals surface area contributed by atoms with Gasteiger partial charge in [-0.15, -0.1) is 0 Å². The molecule has 4 nitrogen and oxygen atoms in total. The fourth-order valence-electron chi connectivity index (χ4n) is 1.24. The summed E-state index contributed by atoms with van der Waals surface area (Å²) >= 11 is 0. The maximum atomic E-state index is 10.8. The fourth-order valence-corrected chi connectivity index (χ4v) is 2.81. The quantitative estimate of drug-likeness (QED) is 0.637. The van der Waals surface area contributed by atoms with Crippen molar-refractivity contribution < 1.29 is 17.9 Å². The van der Waals surface area contributed by atoms with E-state index in [2.05, 4.69) is 0 Å². The first-order chi connectivity index (χ1) is 5.47. The SMILES string of the molecule is CO[C@@]1(CS(=O)(=O)Cl)CCOC1. The maximum absolute atomic E-state index is 10.8. The van der Waals surface area contributed by atoms with Crippen LogP contribution in [0.5, 0.6) is 0 Å². The molecule has 6 heteroatoms. The number of halogens is 1. The summed E-state index contributed by atoms with van der Waals surface area (Å²) in [6.45, 7) is 0.829. The van der Waals surface area contributed by atoms with E-state index in [0.717, 1.165) is 0 Å². The highest BCUT2D eigenvalue weighted by Gasteiger charge is 2.38. The molecule has 1 heterocycles. The zero-order valence-electron chi connectivity index (χ0n) is 6.75. The molecule has 0 saturated carbocycles. The van der Waals surface area contributed by atoms with Crippen LogP contribution in [-0.4, -0.2) is 40.1 Å². The Morgan fingerprint density at radius 3 is 2.67 bits per heavy atom. The predicted molar refractivity (Wildman–Crippen MR) is 44.8 cm³/mol. The van der Waals surface area contributed by atoms with Gasteiger partial charge in [0, 0.05) is 30.8 Å². The first-order valence-electron chi connectivity index (χ1n) is 3.53. The van der Waals surface area contributed by atoms with Crippen LogP contribution in [-0.2, 0) is 18.5 Å². The smallest absolute Gasteiger partial charge is 0.235 e. The second-order valence-corrected chi connectivity index (χ2v) is 5.65. The van der Waals surface area contributed by atoms with Crippen molar-refractivity contribution >= 4 is 19.7 Å². The summed E-state index contributed by atoms with van der Waals surface area (Å²) in [5.74, 6) is -0.182. The molecule has 1 rings (SSSR count). The third kappa shape index (κ3) is 2.58. The maximum Gasteiger partial charge on any atom is 0.235 e. The third-order valence-electron chi connectivity index (χ3n) is 1.94. The van der Waals surface area contributed by atoms with Crippen LogP contribution in [0.25, 0.3) is 0 Å². The van der Waals surface area contributed by atoms with Crippen molar-refractivity contribution in [3.8, 4) is 0 Å². The zero-order valence-corrected chi connectivity index (χ0v) is 8.32. The van der Waals surface area contributed by atoms with E-state index in [1.54, 1.807) is 0 Å². The molecule has 0 spiro atoms. The summed E-state index contributed by atoms with van der Waals surface area (Å²) < 4.78 is 31.7. The molecule has 1 aliphatic rings. The minimum Gasteiger partial charge on any atom is -0.378 e. The molecule has 0 unspecified atom stereocenters. The molecule has 1 saturated heterocycles. The van der Waals surface area contributed by atoms with Crippen LogP contribution in [0.2, 0.25) is 0 Å². The van der Waals surface area contributed by atoms with Gasteiger partial charge in [-0.2, -0.15) is 0 Å². The molecule has 0 aliphatic carbocycles. The highest BCUT2D eigenvalue weighted by Crippen LogP contribution is 2.25. The van der Waals surface area contributed by atoms with Crippen molar-refractivity contribution in [1.82, 2.24) is 0 Å². The fraction of sp³-hybridized carbons (Fsp3) is 1.00. The minimum atomic E-state index is -3.51. The molecule has 12 heavy (non-hydrogen) atoms. The van der Waals surface area contributed by atoms with Gasteiger partial charge in [-0.1, -0.05) is 0 Å². The zero-order chi connectivity index (χ0) is 9.24. The van der Waals surface area contributed by atoms with E-state index in [-0.39, 0.29) is 5.75 Å². The Balaban J connectivity index is 2.68. The van der Waals surface area contributed by atoms with E-state index in [1.165, 1.54) is 7.11 Å². The standard InChI is InChI=1S/C6H11ClO4S/c1-10-6(2-3-11-4-6)5-12(7,8)9/h2-5H2,1H3/t6-/m0/s1. The summed E-state index contributed by atoms with van der Waals surface area (Å²) in [4.78, 5) is 0. The van der Waals surface area contributed by atoms with E-state index in [4.69, 9.17) is 20.2 Å². The normalized spacial score (nSPS) is 30.8. The average molecular weight is 215 g/mol. The van der Waals surface area contributed by atoms with Gasteiger partial charge in [-0.3, -0.25) is 0 Å². The summed E-state index contributed by atoms with van der Waals surface area (Å²) in [5.41, 5.74) is -0.722. The van der Waals surface area contributed by atoms with Gasteiger partial charge in [0.05, 0.1) is 12.4 Å². The van der Waals surface area contributed by atoms with Crippen molar-refractivity contribution in [2.75, 3.05) is 26.1 Å². The van der Waals surface area contributed by atoms with Crippen LogP contribution < -0.4 is 0 Å². The number of methoxy groups -OCH3 is 1. The number of ether oxygens (including phenoxy) is 2. The average Bonchev–Trinajstić information content (AvgIpc) is 2.34. The van der Waals surface area contributed by atoms with Crippen LogP contribution in [0, 0.1) is 0 Å². The Labute approximate surface area is 76.2 Å². The lowest BCUT2D eigenvalue weighted by Crippen LogP contribution is -2.38. The Kier molecular flexibility index (Phi) is 2.98. The molecular formula is C6H11ClO4S. The van der Waals surface area contributed by atoms with Crippen molar-refractivity contribution in [1.29, 1.82) is 0 Å². The minimum absolute atomic E-state index is 0.182. The summed E-state index contributed by atoms with van der Waals surface area (Å²) in [6.07, 6.45) is 0.579. The van der Waals surface area contributed by atoms with Gasteiger partial charge in [0.2, 0.25) is 9.05 Å². The van der Waals surface area contributed by atoms with Crippen LogP contribution in [0.3, 0.4) is 0 Å². The topological polar surface area (TPSA) is 52.6 Å². The Morgan fingerprint density at radius 1 is 1.67 bits per heavy atom. The molecular weight excluding hydrogens is 204 g/mol. The molecule has 0 aromatic carbocycles. The second-order valence-electron chi connectivity index (χ2n) is 2.87. The molecule has 0 bridgehead atoms. The summed E-state index contributed by atoms with van der Waals surface area (Å²) in [5, 5.41) is 0. The molecule has 0 amide bonds. The molecule has 1 aliphatic heterocycles. The van der Waals surface area contributed by atoms with Gasteiger partial charge in [0.15, 0.2) is 0 Å². The number of rotatable bonds is 3. The van der Waals surface area contributed by atoms with Crippen LogP contribution in [0.15, 0.2) is 0 Å². The highest BCUT2D eigenvalue weighted by atomic mass is 35.7. The predicted octanol–water partition coefficient (Wildman–Crippen LogP) is 0.361. The monoisotopic (exact) mass is 214 g/mol. The number of hydrogen-bond donors (Lipinski definition) is 0. The largest absolute Gasteiger partial charge is 0.378 e. The molecule has 0 aromatic heterocycles. The Hall–Kier alpha value is 0.160. The third-order valence-corrected chi connectivity index (χ3v) is 3.13. The van der Waals surface area contributed by atoms with Crippen molar-refractivity contribution in [2.45, 2.75) is 12.0 Å². The van der Waals surface area contributed by atoms with Crippen LogP contribution in [0.1, 0.15) is 6.42 Å². The van der Waals surface area contributed by atoms with Gasteiger partial charge in [0.1, 0.15) is 5.60 Å². The molecule has 1 fully saturated rings. The van der Waals surface area contributed by atoms with Gasteiger partial charge < -0.3 is 9.47 Å². The van der Waals surface area contributed by atoms with E-state index in [9.17, 15) is 8.42 Å². The summed E-state index contributed by atoms with van der Waals surface area (Å²) in [6, 6.07) is 0. The van der Waals surface area contributed by atoms with E-state index in [0.29, 0.717) is 19.6 Å². The lowest BCUT2D eigenvalue weighted by Gasteiger charge is -2.23. The lowest BCUT2D eigenvalue weighted by molar-refractivity contribution is 0.00137. The molecule has 0 radical (unpaired) electrons. The Morgan fingerprint density at radius 2 is 2.33 bits per heavy atom. The molecule has 1 atom stereocenters. The van der Waals surface area contributed by atoms with Gasteiger partial charge in [0.25, 0.3) is 0 Å². The van der Waals surface area contributed by atoms with Gasteiger partial charge >= 0.3 is 0 Å². The van der Waals surface area contributed by atoms with Crippen molar-refractivity contribution in [3.63, 3.8) is 0 Å². The molecule has 0 N–H and O–H groups in total. The first kappa shape index (κ1) is 10.2. The first-order valence-corrected chi connectivity index (χ1v) is 6.01. The molecule has 0 aromatic rings. The van der Waals surface area contributed by atoms with Crippen LogP contribution >= 0.6 is 10.7 Å². The van der Waals surface area contributed by atoms with E-state index < -0.39 is 14.7 Å². The van der Waals surface area contributed by atoms with Gasteiger partial charge in [-0.05, 0) is 0 Å². The highest BCUT2D eigenvalue weighted by molar-refractivity contribution is 8.13. The second kappa shape index (κ2) is 3.49. The van der Waals surface area contributed by atoms with Crippen molar-refractivity contribution in [2.24, 2.45) is 0 Å². The van der Waals surface area contributed by atoms with E-state index in [1.807, 2.05) is 0 Å².